The van der Waals surface area contributed by atoms with Crippen LogP contribution < -0.4 is 10.6 Å². The van der Waals surface area contributed by atoms with Gasteiger partial charge >= 0.3 is 0 Å². The lowest BCUT2D eigenvalue weighted by Crippen LogP contribution is -2.23. The fraction of sp³-hybridized carbons (Fsp3) is 0.700. The molecule has 0 spiro atoms. The Kier molecular flexibility index (Phi) is 3.96. The van der Waals surface area contributed by atoms with Crippen molar-refractivity contribution in [3.8, 4) is 0 Å². The van der Waals surface area contributed by atoms with E-state index < -0.39 is 0 Å². The van der Waals surface area contributed by atoms with E-state index in [2.05, 4.69) is 10.00 Å². The monoisotopic (exact) mass is 212 g/mol. The van der Waals surface area contributed by atoms with Crippen molar-refractivity contribution < 1.29 is 4.74 Å². The molecule has 1 heterocycles. The molecule has 0 saturated heterocycles. The molecule has 2 N–H and O–H groups in total. The van der Waals surface area contributed by atoms with Crippen molar-refractivity contribution in [2.24, 2.45) is 7.05 Å². The first-order valence-corrected chi connectivity index (χ1v) is 5.07. The van der Waals surface area contributed by atoms with Gasteiger partial charge in [0.1, 0.15) is 5.82 Å². The molecule has 0 unspecified atom stereocenters. The number of hydrogen-bond acceptors (Lipinski definition) is 4. The number of rotatable bonds is 5. The molecule has 0 radical (unpaired) electrons. The largest absolute Gasteiger partial charge is 0.394 e. The topological polar surface area (TPSA) is 56.3 Å². The Hall–Kier alpha value is -1.23. The van der Waals surface area contributed by atoms with Gasteiger partial charge in [-0.2, -0.15) is 5.10 Å². The van der Waals surface area contributed by atoms with Gasteiger partial charge in [0.2, 0.25) is 0 Å². The van der Waals surface area contributed by atoms with Gasteiger partial charge in [0.05, 0.1) is 11.4 Å². The second-order valence-corrected chi connectivity index (χ2v) is 3.71. The van der Waals surface area contributed by atoms with Crippen LogP contribution in [0.4, 0.5) is 11.5 Å². The minimum absolute atomic E-state index is 0.761. The van der Waals surface area contributed by atoms with Gasteiger partial charge in [0.15, 0.2) is 0 Å². The minimum Gasteiger partial charge on any atom is -0.394 e. The fourth-order valence-electron chi connectivity index (χ4n) is 1.67. The number of nitrogens with two attached hydrogens (primary N) is 1. The van der Waals surface area contributed by atoms with Crippen LogP contribution >= 0.6 is 0 Å². The molecule has 1 aromatic heterocycles. The lowest BCUT2D eigenvalue weighted by Gasteiger charge is -2.19. The van der Waals surface area contributed by atoms with Crippen LogP contribution in [-0.2, 0) is 11.8 Å². The summed E-state index contributed by atoms with van der Waals surface area (Å²) in [6.07, 6.45) is 0.983. The van der Waals surface area contributed by atoms with Crippen LogP contribution in [0.25, 0.3) is 0 Å². The SMILES string of the molecule is COCCCN(C)c1c(N)c(C)nn1C. The summed E-state index contributed by atoms with van der Waals surface area (Å²) < 4.78 is 6.83. The van der Waals surface area contributed by atoms with E-state index in [9.17, 15) is 0 Å². The molecular formula is C10H20N4O. The molecule has 0 aliphatic heterocycles. The number of nitrogen functional groups attached to an aromatic ring is 1. The standard InChI is InChI=1S/C10H20N4O/c1-8-9(11)10(14(3)12-8)13(2)6-5-7-15-4/h5-7,11H2,1-4H3. The van der Waals surface area contributed by atoms with Gasteiger partial charge in [-0.25, -0.2) is 0 Å². The molecule has 0 amide bonds. The number of hydrogen-bond donors (Lipinski definition) is 1. The Morgan fingerprint density at radius 3 is 2.67 bits per heavy atom. The van der Waals surface area contributed by atoms with E-state index in [1.807, 2.05) is 25.7 Å². The Labute approximate surface area is 90.8 Å². The highest BCUT2D eigenvalue weighted by atomic mass is 16.5. The van der Waals surface area contributed by atoms with Gasteiger partial charge in [-0.05, 0) is 13.3 Å². The van der Waals surface area contributed by atoms with E-state index in [-0.39, 0.29) is 0 Å². The first-order valence-electron chi connectivity index (χ1n) is 5.07. The average Bonchev–Trinajstić information content (AvgIpc) is 2.41. The molecule has 5 nitrogen and oxygen atoms in total. The molecule has 0 fully saturated rings. The summed E-state index contributed by atoms with van der Waals surface area (Å²) in [4.78, 5) is 2.11. The van der Waals surface area contributed by atoms with E-state index >= 15 is 0 Å². The molecule has 5 heteroatoms. The maximum absolute atomic E-state index is 5.95. The van der Waals surface area contributed by atoms with Crippen LogP contribution in [0.5, 0.6) is 0 Å². The third kappa shape index (κ3) is 2.62. The van der Waals surface area contributed by atoms with Gasteiger partial charge in [-0.15, -0.1) is 0 Å². The Morgan fingerprint density at radius 1 is 1.53 bits per heavy atom. The van der Waals surface area contributed by atoms with Crippen LogP contribution in [0.3, 0.4) is 0 Å². The normalized spacial score (nSPS) is 10.7. The van der Waals surface area contributed by atoms with Gasteiger partial charge in [0.25, 0.3) is 0 Å². The Morgan fingerprint density at radius 2 is 2.20 bits per heavy atom. The van der Waals surface area contributed by atoms with E-state index in [1.165, 1.54) is 0 Å². The van der Waals surface area contributed by atoms with Crippen molar-refractivity contribution in [1.82, 2.24) is 9.78 Å². The van der Waals surface area contributed by atoms with Crippen molar-refractivity contribution in [3.05, 3.63) is 5.69 Å². The van der Waals surface area contributed by atoms with Crippen LogP contribution in [-0.4, -0.2) is 37.1 Å². The van der Waals surface area contributed by atoms with Crippen LogP contribution in [0, 0.1) is 6.92 Å². The number of ether oxygens (including phenoxy) is 1. The maximum Gasteiger partial charge on any atom is 0.150 e. The Balaban J connectivity index is 2.68. The van der Waals surface area contributed by atoms with Crippen molar-refractivity contribution in [2.45, 2.75) is 13.3 Å². The summed E-state index contributed by atoms with van der Waals surface area (Å²) >= 11 is 0. The summed E-state index contributed by atoms with van der Waals surface area (Å²) in [6, 6.07) is 0. The molecule has 15 heavy (non-hydrogen) atoms. The zero-order valence-corrected chi connectivity index (χ0v) is 9.95. The third-order valence-corrected chi connectivity index (χ3v) is 2.44. The van der Waals surface area contributed by atoms with E-state index in [0.717, 1.165) is 36.8 Å². The average molecular weight is 212 g/mol. The van der Waals surface area contributed by atoms with Crippen LogP contribution in [0.1, 0.15) is 12.1 Å². The lowest BCUT2D eigenvalue weighted by molar-refractivity contribution is 0.196. The molecule has 0 atom stereocenters. The fourth-order valence-corrected chi connectivity index (χ4v) is 1.67. The summed E-state index contributed by atoms with van der Waals surface area (Å²) in [7, 11) is 5.64. The zero-order chi connectivity index (χ0) is 11.4. The maximum atomic E-state index is 5.95. The summed E-state index contributed by atoms with van der Waals surface area (Å²) in [5.41, 5.74) is 7.59. The molecule has 1 rings (SSSR count). The number of methoxy groups -OCH3 is 1. The Bertz CT molecular complexity index is 321. The quantitative estimate of drug-likeness (QED) is 0.733. The molecule has 0 aliphatic rings. The van der Waals surface area contributed by atoms with Gasteiger partial charge in [-0.3, -0.25) is 4.68 Å². The smallest absolute Gasteiger partial charge is 0.150 e. The molecular weight excluding hydrogens is 192 g/mol. The van der Waals surface area contributed by atoms with Gasteiger partial charge < -0.3 is 15.4 Å². The summed E-state index contributed by atoms with van der Waals surface area (Å²) in [6.45, 7) is 3.60. The molecule has 0 bridgehead atoms. The summed E-state index contributed by atoms with van der Waals surface area (Å²) in [5.74, 6) is 0.976. The number of aryl methyl sites for hydroxylation is 2. The summed E-state index contributed by atoms with van der Waals surface area (Å²) in [5, 5.41) is 4.28. The second-order valence-electron chi connectivity index (χ2n) is 3.71. The highest BCUT2D eigenvalue weighted by Crippen LogP contribution is 2.24. The zero-order valence-electron chi connectivity index (χ0n) is 9.95. The van der Waals surface area contributed by atoms with Crippen LogP contribution in [0.15, 0.2) is 0 Å². The number of anilines is 2. The second kappa shape index (κ2) is 5.02. The van der Waals surface area contributed by atoms with Gasteiger partial charge in [0, 0.05) is 34.4 Å². The first-order chi connectivity index (χ1) is 7.07. The molecule has 0 saturated carbocycles. The highest BCUT2D eigenvalue weighted by Gasteiger charge is 2.13. The van der Waals surface area contributed by atoms with E-state index in [0.29, 0.717) is 0 Å². The minimum atomic E-state index is 0.761. The molecule has 0 aliphatic carbocycles. The van der Waals surface area contributed by atoms with Crippen molar-refractivity contribution >= 4 is 11.5 Å². The van der Waals surface area contributed by atoms with Crippen LogP contribution in [0.2, 0.25) is 0 Å². The van der Waals surface area contributed by atoms with Gasteiger partial charge in [-0.1, -0.05) is 0 Å². The first kappa shape index (κ1) is 11.8. The predicted octanol–water partition coefficient (Wildman–Crippen LogP) is 0.783. The molecule has 0 aromatic carbocycles. The predicted molar refractivity (Wildman–Crippen MR) is 62.1 cm³/mol. The molecule has 1 aromatic rings. The van der Waals surface area contributed by atoms with E-state index in [1.54, 1.807) is 7.11 Å². The highest BCUT2D eigenvalue weighted by molar-refractivity contribution is 5.65. The van der Waals surface area contributed by atoms with Crippen molar-refractivity contribution in [2.75, 3.05) is 37.9 Å². The third-order valence-electron chi connectivity index (χ3n) is 2.44. The molecule has 86 valence electrons. The number of aromatic nitrogens is 2. The van der Waals surface area contributed by atoms with Crippen molar-refractivity contribution in [1.29, 1.82) is 0 Å². The van der Waals surface area contributed by atoms with Crippen molar-refractivity contribution in [3.63, 3.8) is 0 Å². The van der Waals surface area contributed by atoms with E-state index in [4.69, 9.17) is 10.5 Å². The number of nitrogens with zero attached hydrogens (tertiary/aromatic N) is 3. The lowest BCUT2D eigenvalue weighted by atomic mass is 10.3.